The summed E-state index contributed by atoms with van der Waals surface area (Å²) < 4.78 is 3.09. The molecule has 2 rings (SSSR count). The van der Waals surface area contributed by atoms with Gasteiger partial charge in [0.05, 0.1) is 0 Å². The van der Waals surface area contributed by atoms with Gasteiger partial charge in [0.15, 0.2) is 0 Å². The van der Waals surface area contributed by atoms with E-state index in [1.807, 2.05) is 0 Å². The summed E-state index contributed by atoms with van der Waals surface area (Å²) in [6, 6.07) is 11.5. The van der Waals surface area contributed by atoms with Gasteiger partial charge in [0.25, 0.3) is 0 Å². The maximum Gasteiger partial charge on any atom is 0.00648 e. The highest BCUT2D eigenvalue weighted by atomic mass is 31.2. The molecule has 1 aromatic carbocycles. The smallest absolute Gasteiger partial charge is 0.00648 e. The Balaban J connectivity index is 2.33. The molecule has 0 amide bonds. The molecule has 0 spiro atoms. The Morgan fingerprint density at radius 3 is 2.04 bits per heavy atom. The van der Waals surface area contributed by atoms with Crippen molar-refractivity contribution in [3.8, 4) is 0 Å². The first kappa shape index (κ1) is 21.3. The first-order chi connectivity index (χ1) is 12.3. The molecule has 1 fully saturated rings. The lowest BCUT2D eigenvalue weighted by Crippen LogP contribution is -2.26. The van der Waals surface area contributed by atoms with Crippen molar-refractivity contribution in [2.24, 2.45) is 0 Å². The van der Waals surface area contributed by atoms with Crippen molar-refractivity contribution >= 4 is 21.4 Å². The first-order valence-corrected chi connectivity index (χ1v) is 13.6. The number of benzene rings is 1. The maximum atomic E-state index is 3.09. The van der Waals surface area contributed by atoms with E-state index in [2.05, 4.69) is 62.5 Å². The lowest BCUT2D eigenvalue weighted by Gasteiger charge is -2.42. The van der Waals surface area contributed by atoms with Crippen molar-refractivity contribution in [2.75, 3.05) is 12.7 Å². The van der Waals surface area contributed by atoms with Crippen LogP contribution in [0.15, 0.2) is 30.3 Å². The molecular weight excluding hydrogens is 340 g/mol. The minimum atomic E-state index is -0.150. The van der Waals surface area contributed by atoms with Crippen molar-refractivity contribution in [2.45, 2.75) is 90.4 Å². The van der Waals surface area contributed by atoms with E-state index in [0.717, 1.165) is 11.3 Å². The number of rotatable bonds is 11. The summed E-state index contributed by atoms with van der Waals surface area (Å²) in [6.07, 6.45) is 12.5. The van der Waals surface area contributed by atoms with Crippen LogP contribution >= 0.6 is 16.1 Å². The van der Waals surface area contributed by atoms with Gasteiger partial charge in [-0.2, -0.15) is 0 Å². The van der Waals surface area contributed by atoms with Crippen LogP contribution in [0.2, 0.25) is 0 Å². The van der Waals surface area contributed by atoms with E-state index in [9.17, 15) is 0 Å². The summed E-state index contributed by atoms with van der Waals surface area (Å²) in [6.45, 7) is 10.9. The molecule has 2 unspecified atom stereocenters. The quantitative estimate of drug-likeness (QED) is 0.363. The Bertz CT molecular complexity index is 452. The predicted molar refractivity (Wildman–Crippen MR) is 119 cm³/mol. The van der Waals surface area contributed by atoms with E-state index in [1.165, 1.54) is 64.1 Å². The minimum absolute atomic E-state index is 0.0354. The Kier molecular flexibility index (Phi) is 9.98. The van der Waals surface area contributed by atoms with Crippen molar-refractivity contribution in [1.29, 1.82) is 0 Å². The Morgan fingerprint density at radius 1 is 0.920 bits per heavy atom. The van der Waals surface area contributed by atoms with E-state index in [-0.39, 0.29) is 16.1 Å². The second kappa shape index (κ2) is 11.7. The van der Waals surface area contributed by atoms with Gasteiger partial charge in [-0.05, 0) is 77.5 Å². The zero-order valence-electron chi connectivity index (χ0n) is 17.0. The molecule has 0 aliphatic carbocycles. The fourth-order valence-corrected chi connectivity index (χ4v) is 12.1. The molecule has 1 aliphatic rings. The van der Waals surface area contributed by atoms with E-state index in [0.29, 0.717) is 0 Å². The molecule has 1 nitrogen and oxygen atoms in total. The predicted octanol–water partition coefficient (Wildman–Crippen LogP) is 7.36. The molecule has 1 heterocycles. The fraction of sp³-hybridized carbons (Fsp3) is 0.727. The lowest BCUT2D eigenvalue weighted by molar-refractivity contribution is 0.621. The van der Waals surface area contributed by atoms with Gasteiger partial charge in [-0.1, -0.05) is 70.9 Å². The Labute approximate surface area is 159 Å². The van der Waals surface area contributed by atoms with Gasteiger partial charge in [0, 0.05) is 6.54 Å². The third-order valence-electron chi connectivity index (χ3n) is 5.56. The van der Waals surface area contributed by atoms with Gasteiger partial charge in [0.1, 0.15) is 0 Å². The monoisotopic (exact) mass is 379 g/mol. The second-order valence-electron chi connectivity index (χ2n) is 7.34. The van der Waals surface area contributed by atoms with E-state index >= 15 is 0 Å². The summed E-state index contributed by atoms with van der Waals surface area (Å²) in [5.41, 5.74) is 1.96. The highest BCUT2D eigenvalue weighted by Crippen LogP contribution is 2.67. The van der Waals surface area contributed by atoms with Gasteiger partial charge in [-0.15, -0.1) is 0 Å². The molecule has 0 N–H and O–H groups in total. The number of hydrogen-bond donors (Lipinski definition) is 0. The Morgan fingerprint density at radius 2 is 1.52 bits per heavy atom. The molecule has 1 aliphatic heterocycles. The van der Waals surface area contributed by atoms with Crippen molar-refractivity contribution < 1.29 is 0 Å². The maximum absolute atomic E-state index is 3.09. The van der Waals surface area contributed by atoms with Crippen LogP contribution in [-0.4, -0.2) is 28.5 Å². The van der Waals surface area contributed by atoms with Crippen molar-refractivity contribution in [3.63, 3.8) is 0 Å². The molecule has 142 valence electrons. The Hall–Kier alpha value is 0.0400. The number of nitrogens with zero attached hydrogens (tertiary/aromatic N) is 1. The average Bonchev–Trinajstić information content (AvgIpc) is 3.08. The molecular formula is C22H39NP2. The summed E-state index contributed by atoms with van der Waals surface area (Å²) in [5, 5.41) is 1.63. The highest BCUT2D eigenvalue weighted by Gasteiger charge is 2.40. The van der Waals surface area contributed by atoms with Gasteiger partial charge in [-0.3, -0.25) is 4.44 Å². The summed E-state index contributed by atoms with van der Waals surface area (Å²) in [7, 11) is -0.115. The van der Waals surface area contributed by atoms with Crippen LogP contribution in [0.1, 0.15) is 79.1 Å². The SMILES string of the molecule is CCCCN(P(CCCC)c1ccccc1)P1[C@H](CC)CC[C@@H]1CC. The van der Waals surface area contributed by atoms with Gasteiger partial charge in [-0.25, -0.2) is 0 Å². The molecule has 3 heteroatoms. The van der Waals surface area contributed by atoms with Crippen molar-refractivity contribution in [1.82, 2.24) is 4.44 Å². The molecule has 1 aromatic rings. The van der Waals surface area contributed by atoms with Crippen molar-refractivity contribution in [3.05, 3.63) is 30.3 Å². The third kappa shape index (κ3) is 5.76. The molecule has 0 bridgehead atoms. The van der Waals surface area contributed by atoms with Gasteiger partial charge < -0.3 is 0 Å². The third-order valence-corrected chi connectivity index (χ3v) is 12.7. The van der Waals surface area contributed by atoms with Crippen LogP contribution in [0.5, 0.6) is 0 Å². The van der Waals surface area contributed by atoms with Crippen LogP contribution in [0.3, 0.4) is 0 Å². The first-order valence-electron chi connectivity index (χ1n) is 10.6. The van der Waals surface area contributed by atoms with Crippen LogP contribution < -0.4 is 5.30 Å². The van der Waals surface area contributed by atoms with Gasteiger partial charge >= 0.3 is 0 Å². The molecule has 25 heavy (non-hydrogen) atoms. The van der Waals surface area contributed by atoms with Crippen LogP contribution in [0.4, 0.5) is 0 Å². The van der Waals surface area contributed by atoms with E-state index in [1.54, 1.807) is 5.30 Å². The molecule has 0 radical (unpaired) electrons. The zero-order valence-corrected chi connectivity index (χ0v) is 18.7. The summed E-state index contributed by atoms with van der Waals surface area (Å²) >= 11 is 0. The number of hydrogen-bond acceptors (Lipinski definition) is 1. The molecule has 1 saturated heterocycles. The summed E-state index contributed by atoms with van der Waals surface area (Å²) in [5.74, 6) is 0. The molecule has 0 saturated carbocycles. The van der Waals surface area contributed by atoms with E-state index < -0.39 is 0 Å². The normalized spacial score (nSPS) is 24.8. The van der Waals surface area contributed by atoms with Crippen LogP contribution in [-0.2, 0) is 0 Å². The topological polar surface area (TPSA) is 3.24 Å². The standard InChI is InChI=1S/C22H39NP2/c1-5-9-18-23(25-20(7-3)16-17-21(25)8-4)24(19-10-6-2)22-14-12-11-13-15-22/h11-15,20-21H,5-10,16-19H2,1-4H3/t20-,21+,24?,25?. The largest absolute Gasteiger partial charge is 0.256 e. The van der Waals surface area contributed by atoms with Crippen LogP contribution in [0, 0.1) is 0 Å². The number of unbranched alkanes of at least 4 members (excludes halogenated alkanes) is 2. The zero-order chi connectivity index (χ0) is 18.1. The highest BCUT2D eigenvalue weighted by molar-refractivity contribution is 7.75. The average molecular weight is 380 g/mol. The molecule has 0 aromatic heterocycles. The van der Waals surface area contributed by atoms with Gasteiger partial charge in [0.2, 0.25) is 0 Å². The van der Waals surface area contributed by atoms with Crippen LogP contribution in [0.25, 0.3) is 0 Å². The lowest BCUT2D eigenvalue weighted by atomic mass is 10.1. The van der Waals surface area contributed by atoms with E-state index in [4.69, 9.17) is 0 Å². The second-order valence-corrected chi connectivity index (χ2v) is 12.6. The minimum Gasteiger partial charge on any atom is -0.256 e. The fourth-order valence-electron chi connectivity index (χ4n) is 4.05. The molecule has 4 atom stereocenters. The summed E-state index contributed by atoms with van der Waals surface area (Å²) in [4.78, 5) is 0.